The second kappa shape index (κ2) is 27.1. The van der Waals surface area contributed by atoms with E-state index in [2.05, 4.69) is 84.6 Å². The number of hydrogen-bond donors (Lipinski definition) is 4. The van der Waals surface area contributed by atoms with Crippen LogP contribution in [0.3, 0.4) is 0 Å². The first kappa shape index (κ1) is 39.2. The van der Waals surface area contributed by atoms with Gasteiger partial charge in [-0.25, -0.2) is 14.4 Å². The Balaban J connectivity index is 4.08. The number of thiol groups is 1. The summed E-state index contributed by atoms with van der Waals surface area (Å²) >= 11 is 3.95. The normalized spacial score (nSPS) is 12.4. The molecular formula is C31H49N5O6S. The summed E-state index contributed by atoms with van der Waals surface area (Å²) < 4.78 is 9.64. The highest BCUT2D eigenvalue weighted by molar-refractivity contribution is 7.80. The van der Waals surface area contributed by atoms with Gasteiger partial charge in [0.25, 0.3) is 0 Å². The van der Waals surface area contributed by atoms with Crippen LogP contribution >= 0.6 is 12.6 Å². The second-order valence-electron chi connectivity index (χ2n) is 9.34. The van der Waals surface area contributed by atoms with Crippen molar-refractivity contribution in [3.63, 3.8) is 0 Å². The Morgan fingerprint density at radius 2 is 1.58 bits per heavy atom. The molecule has 240 valence electrons. The third-order valence-electron chi connectivity index (χ3n) is 5.43. The molecule has 0 aromatic carbocycles. The van der Waals surface area contributed by atoms with Crippen molar-refractivity contribution >= 4 is 42.7 Å². The molecule has 11 nitrogen and oxygen atoms in total. The highest BCUT2D eigenvalue weighted by Crippen LogP contribution is 2.05. The fourth-order valence-electron chi connectivity index (χ4n) is 3.13. The second-order valence-corrected chi connectivity index (χ2v) is 9.79. The van der Waals surface area contributed by atoms with E-state index in [-0.39, 0.29) is 32.1 Å². The van der Waals surface area contributed by atoms with Crippen molar-refractivity contribution < 1.29 is 28.7 Å². The molecule has 43 heavy (non-hydrogen) atoms. The molecule has 0 rings (SSSR count). The fraction of sp³-hybridized carbons (Fsp3) is 0.516. The maximum atomic E-state index is 12.0. The molecule has 0 fully saturated rings. The minimum absolute atomic E-state index is 0.0173. The van der Waals surface area contributed by atoms with Crippen molar-refractivity contribution in [1.29, 1.82) is 0 Å². The van der Waals surface area contributed by atoms with Gasteiger partial charge in [0.15, 0.2) is 0 Å². The van der Waals surface area contributed by atoms with Crippen LogP contribution in [0.25, 0.3) is 0 Å². The Morgan fingerprint density at radius 3 is 2.30 bits per heavy atom. The molecule has 0 heterocycles. The Morgan fingerprint density at radius 1 is 0.907 bits per heavy atom. The lowest BCUT2D eigenvalue weighted by Crippen LogP contribution is -2.40. The number of aliphatic imine (C=N–C) groups is 1. The van der Waals surface area contributed by atoms with Gasteiger partial charge in [-0.05, 0) is 51.9 Å². The van der Waals surface area contributed by atoms with Crippen LogP contribution in [-0.2, 0) is 19.1 Å². The van der Waals surface area contributed by atoms with E-state index in [1.165, 1.54) is 17.5 Å². The highest BCUT2D eigenvalue weighted by Gasteiger charge is 2.15. The van der Waals surface area contributed by atoms with Crippen LogP contribution in [0.2, 0.25) is 0 Å². The van der Waals surface area contributed by atoms with E-state index in [9.17, 15) is 19.2 Å². The molecule has 0 saturated carbocycles. The maximum absolute atomic E-state index is 12.0. The zero-order valence-electron chi connectivity index (χ0n) is 25.8. The summed E-state index contributed by atoms with van der Waals surface area (Å²) in [6.45, 7) is 4.21. The number of esters is 2. The molecular weight excluding hydrogens is 570 g/mol. The molecule has 0 aliphatic carbocycles. The molecule has 3 amide bonds. The maximum Gasteiger partial charge on any atom is 0.407 e. The van der Waals surface area contributed by atoms with Crippen LogP contribution in [0.1, 0.15) is 65.2 Å². The van der Waals surface area contributed by atoms with Gasteiger partial charge in [-0.3, -0.25) is 4.79 Å². The first-order chi connectivity index (χ1) is 20.7. The van der Waals surface area contributed by atoms with Gasteiger partial charge < -0.3 is 30.7 Å². The number of nitrogens with two attached hydrogens (primary N) is 1. The fourth-order valence-corrected chi connectivity index (χ4v) is 3.25. The first-order valence-electron chi connectivity index (χ1n) is 14.5. The Bertz CT molecular complexity index is 1020. The number of allylic oxidation sites excluding steroid dienone is 10. The highest BCUT2D eigenvalue weighted by atomic mass is 32.1. The summed E-state index contributed by atoms with van der Waals surface area (Å²) in [7, 11) is 1.43. The molecule has 0 bridgehead atoms. The van der Waals surface area contributed by atoms with Crippen LogP contribution in [-0.4, -0.2) is 74.0 Å². The Labute approximate surface area is 261 Å². The number of hydrogen-bond acceptors (Lipinski definition) is 7. The lowest BCUT2D eigenvalue weighted by molar-refractivity contribution is -0.159. The van der Waals surface area contributed by atoms with Gasteiger partial charge in [-0.15, -0.1) is 0 Å². The number of nitrogens with one attached hydrogen (secondary N) is 2. The van der Waals surface area contributed by atoms with Gasteiger partial charge in [0.05, 0.1) is 6.54 Å². The summed E-state index contributed by atoms with van der Waals surface area (Å²) in [6.07, 6.45) is 24.7. The smallest absolute Gasteiger partial charge is 0.407 e. The number of likely N-dealkylation sites (N-methyl/N-ethyl adjacent to an activating group) is 1. The summed E-state index contributed by atoms with van der Waals surface area (Å²) in [5.41, 5.74) is 7.05. The van der Waals surface area contributed by atoms with E-state index in [4.69, 9.17) is 15.2 Å². The molecule has 0 aromatic rings. The monoisotopic (exact) mass is 619 g/mol. The SMILES string of the molecule is CCC=CCC=CCC=C(C)CC=CCC=CCCCC(=O)OC(=O)CN(C)C(N)=NC(=O)NCCOC(=O)NCCS. The van der Waals surface area contributed by atoms with Crippen LogP contribution in [0, 0.1) is 0 Å². The van der Waals surface area contributed by atoms with E-state index in [0.717, 1.165) is 32.1 Å². The van der Waals surface area contributed by atoms with E-state index >= 15 is 0 Å². The van der Waals surface area contributed by atoms with E-state index < -0.39 is 24.1 Å². The molecule has 12 heteroatoms. The molecule has 4 N–H and O–H groups in total. The van der Waals surface area contributed by atoms with E-state index in [1.54, 1.807) is 0 Å². The number of alkyl carbamates (subject to hydrolysis) is 1. The predicted molar refractivity (Wildman–Crippen MR) is 175 cm³/mol. The number of nitrogens with zero attached hydrogens (tertiary/aromatic N) is 2. The van der Waals surface area contributed by atoms with Crippen LogP contribution < -0.4 is 16.4 Å². The minimum Gasteiger partial charge on any atom is -0.448 e. The summed E-state index contributed by atoms with van der Waals surface area (Å²) in [4.78, 5) is 51.9. The number of rotatable bonds is 20. The van der Waals surface area contributed by atoms with Crippen LogP contribution in [0.5, 0.6) is 0 Å². The van der Waals surface area contributed by atoms with E-state index in [0.29, 0.717) is 25.1 Å². The number of amides is 3. The Hall–Kier alpha value is -3.80. The predicted octanol–water partition coefficient (Wildman–Crippen LogP) is 4.98. The van der Waals surface area contributed by atoms with Gasteiger partial charge >= 0.3 is 24.1 Å². The number of unbranched alkanes of at least 4 members (excludes halogenated alkanes) is 1. The molecule has 0 aliphatic heterocycles. The average molecular weight is 620 g/mol. The lowest BCUT2D eigenvalue weighted by atomic mass is 10.1. The molecule has 0 unspecified atom stereocenters. The summed E-state index contributed by atoms with van der Waals surface area (Å²) in [5, 5.41) is 4.85. The van der Waals surface area contributed by atoms with Crippen molar-refractivity contribution in [3.05, 3.63) is 60.3 Å². The minimum atomic E-state index is -0.808. The van der Waals surface area contributed by atoms with Crippen molar-refractivity contribution in [2.45, 2.75) is 65.2 Å². The standard InChI is InChI=1S/C31H49N5O6S/c1-4-5-6-7-9-12-15-18-26(2)19-16-13-10-8-11-14-17-20-27(37)42-28(38)25-36(3)29(32)35-30(39)33-21-23-41-31(40)34-22-24-43/h5-6,8-9,11-13,16,18,43H,4,7,10,14-15,17,19-25H2,1-3H3,(H,34,40)(H3,32,33,35,39). The zero-order chi connectivity index (χ0) is 32.1. The zero-order valence-corrected chi connectivity index (χ0v) is 26.7. The Kier molecular flexibility index (Phi) is 24.7. The third kappa shape index (κ3) is 25.6. The van der Waals surface area contributed by atoms with Crippen molar-refractivity contribution in [2.75, 3.05) is 39.0 Å². The lowest BCUT2D eigenvalue weighted by Gasteiger charge is -2.16. The molecule has 0 saturated heterocycles. The number of urea groups is 1. The van der Waals surface area contributed by atoms with Crippen LogP contribution in [0.4, 0.5) is 9.59 Å². The molecule has 0 atom stereocenters. The largest absolute Gasteiger partial charge is 0.448 e. The van der Waals surface area contributed by atoms with Crippen molar-refractivity contribution in [3.8, 4) is 0 Å². The van der Waals surface area contributed by atoms with Crippen molar-refractivity contribution in [1.82, 2.24) is 15.5 Å². The number of carbonyl (C=O) groups is 4. The van der Waals surface area contributed by atoms with Gasteiger partial charge in [-0.2, -0.15) is 17.6 Å². The number of carbonyl (C=O) groups excluding carboxylic acids is 4. The van der Waals surface area contributed by atoms with Gasteiger partial charge in [-0.1, -0.05) is 67.2 Å². The molecule has 0 spiro atoms. The molecule has 0 aliphatic rings. The quantitative estimate of drug-likeness (QED) is 0.0283. The average Bonchev–Trinajstić information content (AvgIpc) is 2.96. The third-order valence-corrected chi connectivity index (χ3v) is 5.66. The van der Waals surface area contributed by atoms with Gasteiger partial charge in [0, 0.05) is 25.8 Å². The number of guanidine groups is 1. The summed E-state index contributed by atoms with van der Waals surface area (Å²) in [6, 6.07) is -0.779. The topological polar surface area (TPSA) is 152 Å². The number of ether oxygens (including phenoxy) is 2. The van der Waals surface area contributed by atoms with Crippen LogP contribution in [0.15, 0.2) is 65.2 Å². The van der Waals surface area contributed by atoms with Crippen molar-refractivity contribution in [2.24, 2.45) is 10.7 Å². The first-order valence-corrected chi connectivity index (χ1v) is 15.2. The molecule has 0 radical (unpaired) electrons. The molecule has 0 aromatic heterocycles. The summed E-state index contributed by atoms with van der Waals surface area (Å²) in [5.74, 6) is -1.21. The van der Waals surface area contributed by atoms with Gasteiger partial charge in [0.2, 0.25) is 5.96 Å². The van der Waals surface area contributed by atoms with Gasteiger partial charge in [0.1, 0.15) is 13.2 Å². The van der Waals surface area contributed by atoms with E-state index in [1.807, 2.05) is 12.2 Å².